The lowest BCUT2D eigenvalue weighted by Gasteiger charge is -2.38. The molecule has 2 rings (SSSR count). The number of ether oxygens (including phenoxy) is 2. The zero-order chi connectivity index (χ0) is 17.4. The summed E-state index contributed by atoms with van der Waals surface area (Å²) in [6, 6.07) is 2.48. The maximum Gasteiger partial charge on any atom is 0.414 e. The summed E-state index contributed by atoms with van der Waals surface area (Å²) in [4.78, 5) is 35.6. The van der Waals surface area contributed by atoms with Gasteiger partial charge in [0.25, 0.3) is 0 Å². The van der Waals surface area contributed by atoms with E-state index in [0.29, 0.717) is 0 Å². The van der Waals surface area contributed by atoms with E-state index in [9.17, 15) is 27.6 Å². The number of halogens is 3. The Labute approximate surface area is 127 Å². The minimum absolute atomic E-state index is 0.352. The number of alkyl halides is 3. The Morgan fingerprint density at radius 3 is 2.22 bits per heavy atom. The number of allylic oxidation sites excluding steroid dienone is 1. The van der Waals surface area contributed by atoms with Gasteiger partial charge < -0.3 is 13.9 Å². The molecule has 1 heterocycles. The van der Waals surface area contributed by atoms with E-state index in [4.69, 9.17) is 4.42 Å². The van der Waals surface area contributed by atoms with Gasteiger partial charge in [0.05, 0.1) is 37.5 Å². The number of carbonyl (C=O) groups excluding carboxylic acids is 3. The van der Waals surface area contributed by atoms with Crippen LogP contribution in [0.2, 0.25) is 0 Å². The van der Waals surface area contributed by atoms with Gasteiger partial charge in [0.2, 0.25) is 5.78 Å². The molecule has 124 valence electrons. The Hall–Kier alpha value is -2.58. The third-order valence-electron chi connectivity index (χ3n) is 3.46. The third-order valence-corrected chi connectivity index (χ3v) is 3.46. The van der Waals surface area contributed by atoms with Gasteiger partial charge in [-0.15, -0.1) is 0 Å². The molecule has 0 radical (unpaired) electrons. The van der Waals surface area contributed by atoms with Crippen molar-refractivity contribution in [3.63, 3.8) is 0 Å². The summed E-state index contributed by atoms with van der Waals surface area (Å²) in [5.74, 6) is -7.50. The number of rotatable bonds is 4. The van der Waals surface area contributed by atoms with Crippen molar-refractivity contribution < 1.29 is 41.4 Å². The van der Waals surface area contributed by atoms with Crippen molar-refractivity contribution in [3.05, 3.63) is 35.3 Å². The smallest absolute Gasteiger partial charge is 0.414 e. The van der Waals surface area contributed by atoms with E-state index in [1.807, 2.05) is 0 Å². The maximum atomic E-state index is 13.2. The molecule has 0 aromatic carbocycles. The second-order valence-corrected chi connectivity index (χ2v) is 4.64. The van der Waals surface area contributed by atoms with E-state index in [1.165, 1.54) is 12.1 Å². The zero-order valence-electron chi connectivity index (χ0n) is 12.0. The van der Waals surface area contributed by atoms with E-state index in [-0.39, 0.29) is 5.76 Å². The molecule has 6 nitrogen and oxygen atoms in total. The summed E-state index contributed by atoms with van der Waals surface area (Å²) < 4.78 is 53.2. The number of methoxy groups -OCH3 is 2. The fourth-order valence-corrected chi connectivity index (χ4v) is 2.48. The summed E-state index contributed by atoms with van der Waals surface area (Å²) in [6.45, 7) is 0. The normalized spacial score (nSPS) is 20.7. The van der Waals surface area contributed by atoms with E-state index in [1.54, 1.807) is 0 Å². The van der Waals surface area contributed by atoms with Gasteiger partial charge in [-0.05, 0) is 12.1 Å². The molecule has 0 unspecified atom stereocenters. The Bertz CT molecular complexity index is 671. The molecule has 0 bridgehead atoms. The van der Waals surface area contributed by atoms with E-state index in [2.05, 4.69) is 9.47 Å². The standard InChI is InChI=1S/C14H11F3O6/c1-21-12(19)7-8(11(18)6-4-3-5-23-6)10(14(15,16)17)9(7)13(20)22-2/h3-5,7-8H,1-2H3/t7-,8-/m1/s1. The van der Waals surface area contributed by atoms with E-state index >= 15 is 0 Å². The Morgan fingerprint density at radius 2 is 1.78 bits per heavy atom. The van der Waals surface area contributed by atoms with Crippen LogP contribution < -0.4 is 0 Å². The van der Waals surface area contributed by atoms with E-state index < -0.39 is 46.9 Å². The second kappa shape index (κ2) is 5.90. The van der Waals surface area contributed by atoms with Crippen molar-refractivity contribution >= 4 is 17.7 Å². The number of hydrogen-bond donors (Lipinski definition) is 0. The molecule has 0 fully saturated rings. The topological polar surface area (TPSA) is 82.8 Å². The molecule has 2 atom stereocenters. The van der Waals surface area contributed by atoms with Crippen molar-refractivity contribution in [1.82, 2.24) is 0 Å². The molecule has 23 heavy (non-hydrogen) atoms. The van der Waals surface area contributed by atoms with Gasteiger partial charge in [-0.3, -0.25) is 9.59 Å². The van der Waals surface area contributed by atoms with Crippen LogP contribution in [0.4, 0.5) is 13.2 Å². The summed E-state index contributed by atoms with van der Waals surface area (Å²) in [7, 11) is 1.82. The molecular weight excluding hydrogens is 321 g/mol. The third kappa shape index (κ3) is 2.73. The number of carbonyl (C=O) groups is 3. The first-order chi connectivity index (χ1) is 10.7. The summed E-state index contributed by atoms with van der Waals surface area (Å²) in [5, 5.41) is 0. The molecule has 1 aliphatic carbocycles. The molecule has 1 aromatic heterocycles. The van der Waals surface area contributed by atoms with Crippen LogP contribution in [0.1, 0.15) is 10.6 Å². The molecular formula is C14H11F3O6. The minimum Gasteiger partial charge on any atom is -0.469 e. The van der Waals surface area contributed by atoms with Gasteiger partial charge in [-0.2, -0.15) is 13.2 Å². The second-order valence-electron chi connectivity index (χ2n) is 4.64. The molecule has 9 heteroatoms. The average Bonchev–Trinajstić information content (AvgIpc) is 2.98. The van der Waals surface area contributed by atoms with Gasteiger partial charge in [-0.25, -0.2) is 4.79 Å². The van der Waals surface area contributed by atoms with Crippen LogP contribution in [0.3, 0.4) is 0 Å². The molecule has 0 N–H and O–H groups in total. The average molecular weight is 332 g/mol. The largest absolute Gasteiger partial charge is 0.469 e. The molecule has 1 aromatic rings. The van der Waals surface area contributed by atoms with Crippen molar-refractivity contribution in [2.75, 3.05) is 14.2 Å². The first kappa shape index (κ1) is 16.8. The predicted molar refractivity (Wildman–Crippen MR) is 67.1 cm³/mol. The summed E-state index contributed by atoms with van der Waals surface area (Å²) >= 11 is 0. The van der Waals surface area contributed by atoms with Gasteiger partial charge in [0, 0.05) is 0 Å². The van der Waals surface area contributed by atoms with Gasteiger partial charge in [0.15, 0.2) is 5.76 Å². The molecule has 0 spiro atoms. The highest BCUT2D eigenvalue weighted by molar-refractivity contribution is 6.09. The quantitative estimate of drug-likeness (QED) is 0.619. The summed E-state index contributed by atoms with van der Waals surface area (Å²) in [6.07, 6.45) is -3.88. The number of hydrogen-bond acceptors (Lipinski definition) is 6. The van der Waals surface area contributed by atoms with Crippen LogP contribution in [-0.4, -0.2) is 38.1 Å². The fourth-order valence-electron chi connectivity index (χ4n) is 2.48. The zero-order valence-corrected chi connectivity index (χ0v) is 12.0. The van der Waals surface area contributed by atoms with Crippen molar-refractivity contribution in [2.24, 2.45) is 11.8 Å². The van der Waals surface area contributed by atoms with Gasteiger partial charge in [0.1, 0.15) is 5.92 Å². The van der Waals surface area contributed by atoms with Crippen molar-refractivity contribution in [3.8, 4) is 0 Å². The van der Waals surface area contributed by atoms with Crippen molar-refractivity contribution in [1.29, 1.82) is 0 Å². The predicted octanol–water partition coefficient (Wildman–Crippen LogP) is 1.91. The van der Waals surface area contributed by atoms with Gasteiger partial charge >= 0.3 is 18.1 Å². The first-order valence-electron chi connectivity index (χ1n) is 6.29. The first-order valence-corrected chi connectivity index (χ1v) is 6.29. The molecule has 0 saturated heterocycles. The number of Topliss-reactive ketones (excluding diaryl/α,β-unsaturated/α-hetero) is 1. The highest BCUT2D eigenvalue weighted by atomic mass is 19.4. The molecule has 0 amide bonds. The Kier molecular flexibility index (Phi) is 4.31. The fraction of sp³-hybridized carbons (Fsp3) is 0.357. The van der Waals surface area contributed by atoms with Crippen LogP contribution in [0.15, 0.2) is 34.0 Å². The van der Waals surface area contributed by atoms with Crippen LogP contribution in [-0.2, 0) is 19.1 Å². The lowest BCUT2D eigenvalue weighted by Crippen LogP contribution is -2.49. The van der Waals surface area contributed by atoms with Gasteiger partial charge in [-0.1, -0.05) is 0 Å². The van der Waals surface area contributed by atoms with Crippen LogP contribution in [0.25, 0.3) is 0 Å². The highest BCUT2D eigenvalue weighted by Gasteiger charge is 2.61. The Balaban J connectivity index is 2.57. The summed E-state index contributed by atoms with van der Waals surface area (Å²) in [5.41, 5.74) is -2.34. The Morgan fingerprint density at radius 1 is 1.13 bits per heavy atom. The maximum absolute atomic E-state index is 13.2. The number of furan rings is 1. The van der Waals surface area contributed by atoms with Crippen LogP contribution >= 0.6 is 0 Å². The molecule has 0 aliphatic heterocycles. The molecule has 1 aliphatic rings. The van der Waals surface area contributed by atoms with E-state index in [0.717, 1.165) is 20.5 Å². The number of esters is 2. The lowest BCUT2D eigenvalue weighted by atomic mass is 9.65. The lowest BCUT2D eigenvalue weighted by molar-refractivity contribution is -0.154. The van der Waals surface area contributed by atoms with Crippen LogP contribution in [0.5, 0.6) is 0 Å². The SMILES string of the molecule is COC(=O)C1=C(C(F)(F)F)[C@H](C(=O)c2ccco2)[C@H]1C(=O)OC. The highest BCUT2D eigenvalue weighted by Crippen LogP contribution is 2.51. The van der Waals surface area contributed by atoms with Crippen molar-refractivity contribution in [2.45, 2.75) is 6.18 Å². The minimum atomic E-state index is -4.99. The monoisotopic (exact) mass is 332 g/mol. The number of ketones is 1. The molecule has 0 saturated carbocycles. The van der Waals surface area contributed by atoms with Crippen LogP contribution in [0, 0.1) is 11.8 Å².